The molecule has 1 atom stereocenters. The Balaban J connectivity index is 1.70. The molecule has 0 bridgehead atoms. The van der Waals surface area contributed by atoms with Crippen LogP contribution in [0.2, 0.25) is 0 Å². The maximum absolute atomic E-state index is 12.8. The Morgan fingerprint density at radius 3 is 2.58 bits per heavy atom. The zero-order valence-electron chi connectivity index (χ0n) is 14.8. The summed E-state index contributed by atoms with van der Waals surface area (Å²) < 4.78 is 2.00. The molecule has 24 heavy (non-hydrogen) atoms. The van der Waals surface area contributed by atoms with Gasteiger partial charge in [-0.15, -0.1) is 0 Å². The van der Waals surface area contributed by atoms with Crippen LogP contribution in [-0.2, 0) is 17.8 Å². The quantitative estimate of drug-likeness (QED) is 0.920. The Morgan fingerprint density at radius 1 is 1.21 bits per heavy atom. The van der Waals surface area contributed by atoms with Gasteiger partial charge in [0.05, 0.1) is 17.9 Å². The first kappa shape index (κ1) is 17.0. The fourth-order valence-corrected chi connectivity index (χ4v) is 3.69. The first-order valence-corrected chi connectivity index (χ1v) is 9.20. The number of nitrogens with zero attached hydrogens (tertiary/aromatic N) is 3. The summed E-state index contributed by atoms with van der Waals surface area (Å²) in [5.41, 5.74) is 1.59. The van der Waals surface area contributed by atoms with Gasteiger partial charge in [0.1, 0.15) is 5.69 Å². The molecular formula is C18H28N4O2. The molecule has 1 saturated heterocycles. The number of aromatic nitrogens is 2. The first-order valence-electron chi connectivity index (χ1n) is 9.20. The molecule has 3 heterocycles. The number of carbonyl (C=O) groups excluding carboxylic acids is 2. The summed E-state index contributed by atoms with van der Waals surface area (Å²) in [5.74, 6) is 0.135. The third-order valence-electron chi connectivity index (χ3n) is 4.99. The molecule has 1 aromatic heterocycles. The van der Waals surface area contributed by atoms with Crippen molar-refractivity contribution >= 4 is 11.8 Å². The number of hydrogen-bond donors (Lipinski definition) is 1. The highest BCUT2D eigenvalue weighted by atomic mass is 16.2. The summed E-state index contributed by atoms with van der Waals surface area (Å²) in [6.45, 7) is 6.24. The minimum Gasteiger partial charge on any atom is -0.354 e. The van der Waals surface area contributed by atoms with Crippen molar-refractivity contribution in [2.75, 3.05) is 13.1 Å². The molecule has 2 amide bonds. The van der Waals surface area contributed by atoms with Gasteiger partial charge in [-0.25, -0.2) is 4.98 Å². The maximum atomic E-state index is 12.8. The van der Waals surface area contributed by atoms with E-state index in [2.05, 4.69) is 10.3 Å². The van der Waals surface area contributed by atoms with Crippen LogP contribution in [0.4, 0.5) is 0 Å². The van der Waals surface area contributed by atoms with Crippen LogP contribution < -0.4 is 5.32 Å². The maximum Gasteiger partial charge on any atom is 0.274 e. The van der Waals surface area contributed by atoms with Gasteiger partial charge in [-0.05, 0) is 39.5 Å². The predicted molar refractivity (Wildman–Crippen MR) is 91.7 cm³/mol. The Labute approximate surface area is 143 Å². The van der Waals surface area contributed by atoms with Gasteiger partial charge < -0.3 is 14.8 Å². The molecule has 3 rings (SSSR count). The van der Waals surface area contributed by atoms with Crippen molar-refractivity contribution in [3.8, 4) is 0 Å². The lowest BCUT2D eigenvalue weighted by molar-refractivity contribution is -0.126. The summed E-state index contributed by atoms with van der Waals surface area (Å²) in [5, 5.41) is 2.98. The number of hydrogen-bond acceptors (Lipinski definition) is 3. The summed E-state index contributed by atoms with van der Waals surface area (Å²) in [4.78, 5) is 31.4. The first-order chi connectivity index (χ1) is 11.6. The van der Waals surface area contributed by atoms with Crippen LogP contribution in [-0.4, -0.2) is 45.4 Å². The summed E-state index contributed by atoms with van der Waals surface area (Å²) in [6.07, 6.45) is 7.83. The molecule has 6 nitrogen and oxygen atoms in total. The van der Waals surface area contributed by atoms with E-state index >= 15 is 0 Å². The van der Waals surface area contributed by atoms with Crippen molar-refractivity contribution in [3.63, 3.8) is 0 Å². The molecule has 0 spiro atoms. The van der Waals surface area contributed by atoms with Gasteiger partial charge >= 0.3 is 0 Å². The number of amides is 2. The third kappa shape index (κ3) is 3.62. The van der Waals surface area contributed by atoms with Crippen molar-refractivity contribution in [1.82, 2.24) is 19.8 Å². The van der Waals surface area contributed by atoms with E-state index in [9.17, 15) is 9.59 Å². The average Bonchev–Trinajstić information content (AvgIpc) is 2.78. The second-order valence-electron chi connectivity index (χ2n) is 7.30. The van der Waals surface area contributed by atoms with Gasteiger partial charge in [-0.2, -0.15) is 0 Å². The van der Waals surface area contributed by atoms with Crippen LogP contribution in [0.25, 0.3) is 0 Å². The van der Waals surface area contributed by atoms with E-state index in [1.165, 1.54) is 12.8 Å². The number of imidazole rings is 1. The number of nitrogens with one attached hydrogen (secondary N) is 1. The Morgan fingerprint density at radius 2 is 1.92 bits per heavy atom. The normalized spacial score (nSPS) is 21.3. The minimum atomic E-state index is -0.0322. The van der Waals surface area contributed by atoms with E-state index in [0.717, 1.165) is 44.5 Å². The molecule has 0 radical (unpaired) electrons. The smallest absolute Gasteiger partial charge is 0.274 e. The zero-order valence-corrected chi connectivity index (χ0v) is 14.8. The topological polar surface area (TPSA) is 67.2 Å². The van der Waals surface area contributed by atoms with Gasteiger partial charge in [-0.1, -0.05) is 12.8 Å². The predicted octanol–water partition coefficient (Wildman–Crippen LogP) is 1.99. The van der Waals surface area contributed by atoms with Gasteiger partial charge in [0.2, 0.25) is 5.91 Å². The van der Waals surface area contributed by atoms with Crippen LogP contribution in [0.15, 0.2) is 6.33 Å². The standard InChI is InChI=1S/C18H28N4O2/c1-13(2)20-17(23)14-7-8-15-16(19-12-22(15)11-14)18(24)21-9-5-3-4-6-10-21/h12-14H,3-11H2,1-2H3,(H,20,23). The van der Waals surface area contributed by atoms with Gasteiger partial charge in [0, 0.05) is 25.7 Å². The van der Waals surface area contributed by atoms with Crippen LogP contribution >= 0.6 is 0 Å². The van der Waals surface area contributed by atoms with Crippen molar-refractivity contribution in [3.05, 3.63) is 17.7 Å². The van der Waals surface area contributed by atoms with Crippen molar-refractivity contribution in [2.24, 2.45) is 5.92 Å². The van der Waals surface area contributed by atoms with E-state index in [1.807, 2.05) is 23.3 Å². The highest BCUT2D eigenvalue weighted by Crippen LogP contribution is 2.24. The van der Waals surface area contributed by atoms with Crippen LogP contribution in [0.5, 0.6) is 0 Å². The van der Waals surface area contributed by atoms with E-state index in [-0.39, 0.29) is 23.8 Å². The van der Waals surface area contributed by atoms with Crippen molar-refractivity contribution in [2.45, 2.75) is 65.0 Å². The lowest BCUT2D eigenvalue weighted by Gasteiger charge is -2.25. The van der Waals surface area contributed by atoms with Crippen LogP contribution in [0, 0.1) is 5.92 Å². The molecule has 0 aliphatic carbocycles. The zero-order chi connectivity index (χ0) is 17.1. The van der Waals surface area contributed by atoms with Crippen molar-refractivity contribution < 1.29 is 9.59 Å². The molecule has 132 valence electrons. The summed E-state index contributed by atoms with van der Waals surface area (Å²) in [6, 6.07) is 0.154. The molecule has 2 aliphatic rings. The SMILES string of the molecule is CC(C)NC(=O)C1CCc2c(C(=O)N3CCCCCC3)ncn2C1. The molecule has 6 heteroatoms. The molecule has 0 saturated carbocycles. The molecule has 1 unspecified atom stereocenters. The average molecular weight is 332 g/mol. The van der Waals surface area contributed by atoms with Crippen LogP contribution in [0.1, 0.15) is 62.1 Å². The highest BCUT2D eigenvalue weighted by molar-refractivity contribution is 5.93. The Kier molecular flexibility index (Phi) is 5.21. The summed E-state index contributed by atoms with van der Waals surface area (Å²) >= 11 is 0. The van der Waals surface area contributed by atoms with E-state index in [4.69, 9.17) is 0 Å². The van der Waals surface area contributed by atoms with E-state index in [0.29, 0.717) is 12.2 Å². The second-order valence-corrected chi connectivity index (χ2v) is 7.30. The highest BCUT2D eigenvalue weighted by Gasteiger charge is 2.30. The van der Waals surface area contributed by atoms with Crippen molar-refractivity contribution in [1.29, 1.82) is 0 Å². The lowest BCUT2D eigenvalue weighted by Crippen LogP contribution is -2.39. The van der Waals surface area contributed by atoms with Gasteiger partial charge in [0.15, 0.2) is 0 Å². The number of carbonyl (C=O) groups is 2. The number of rotatable bonds is 3. The monoisotopic (exact) mass is 332 g/mol. The Bertz CT molecular complexity index is 600. The summed E-state index contributed by atoms with van der Waals surface area (Å²) in [7, 11) is 0. The minimum absolute atomic E-state index is 0.0322. The molecule has 1 aromatic rings. The van der Waals surface area contributed by atoms with Crippen LogP contribution in [0.3, 0.4) is 0 Å². The molecule has 1 fully saturated rings. The van der Waals surface area contributed by atoms with E-state index < -0.39 is 0 Å². The fourth-order valence-electron chi connectivity index (χ4n) is 3.69. The largest absolute Gasteiger partial charge is 0.354 e. The van der Waals surface area contributed by atoms with Gasteiger partial charge in [-0.3, -0.25) is 9.59 Å². The molecule has 2 aliphatic heterocycles. The fraction of sp³-hybridized carbons (Fsp3) is 0.722. The molecule has 1 N–H and O–H groups in total. The third-order valence-corrected chi connectivity index (χ3v) is 4.99. The number of fused-ring (bicyclic) bond motifs is 1. The lowest BCUT2D eigenvalue weighted by atomic mass is 9.95. The molecule has 0 aromatic carbocycles. The van der Waals surface area contributed by atoms with Gasteiger partial charge in [0.25, 0.3) is 5.91 Å². The Hall–Kier alpha value is -1.85. The van der Waals surface area contributed by atoms with E-state index in [1.54, 1.807) is 6.33 Å². The molecular weight excluding hydrogens is 304 g/mol. The number of likely N-dealkylation sites (tertiary alicyclic amines) is 1. The second kappa shape index (κ2) is 7.36.